The van der Waals surface area contributed by atoms with Crippen LogP contribution < -0.4 is 10.2 Å². The number of carbonyl (C=O) groups is 1. The Kier molecular flexibility index (Phi) is 4.03. The SMILES string of the molecule is Cc1ccc(NC(=O)c2cccnc2N(C)C)c(C)c1. The molecule has 0 aliphatic rings. The van der Waals surface area contributed by atoms with Crippen molar-refractivity contribution in [2.24, 2.45) is 0 Å². The standard InChI is InChI=1S/C16H19N3O/c1-11-7-8-14(12(2)10-11)18-16(20)13-6-5-9-17-15(13)19(3)4/h5-10H,1-4H3,(H,18,20). The maximum Gasteiger partial charge on any atom is 0.259 e. The lowest BCUT2D eigenvalue weighted by Crippen LogP contribution is -2.20. The zero-order valence-electron chi connectivity index (χ0n) is 12.3. The molecule has 0 atom stereocenters. The summed E-state index contributed by atoms with van der Waals surface area (Å²) in [6.07, 6.45) is 1.68. The van der Waals surface area contributed by atoms with E-state index in [1.807, 2.05) is 51.0 Å². The lowest BCUT2D eigenvalue weighted by molar-refractivity contribution is 0.102. The summed E-state index contributed by atoms with van der Waals surface area (Å²) in [4.78, 5) is 18.5. The molecule has 1 aromatic carbocycles. The molecule has 4 nitrogen and oxygen atoms in total. The van der Waals surface area contributed by atoms with E-state index >= 15 is 0 Å². The highest BCUT2D eigenvalue weighted by Crippen LogP contribution is 2.20. The molecule has 20 heavy (non-hydrogen) atoms. The molecule has 2 rings (SSSR count). The van der Waals surface area contributed by atoms with Gasteiger partial charge in [-0.2, -0.15) is 0 Å². The van der Waals surface area contributed by atoms with E-state index in [0.717, 1.165) is 11.3 Å². The number of nitrogens with one attached hydrogen (secondary N) is 1. The second kappa shape index (κ2) is 5.74. The first-order valence-corrected chi connectivity index (χ1v) is 6.50. The largest absolute Gasteiger partial charge is 0.362 e. The third-order valence-corrected chi connectivity index (χ3v) is 3.09. The molecule has 0 spiro atoms. The number of aryl methyl sites for hydroxylation is 2. The second-order valence-electron chi connectivity index (χ2n) is 5.04. The van der Waals surface area contributed by atoms with Crippen molar-refractivity contribution < 1.29 is 4.79 Å². The Hall–Kier alpha value is -2.36. The van der Waals surface area contributed by atoms with Crippen LogP contribution in [-0.4, -0.2) is 25.0 Å². The van der Waals surface area contributed by atoms with Gasteiger partial charge in [0.05, 0.1) is 5.56 Å². The highest BCUT2D eigenvalue weighted by Gasteiger charge is 2.14. The van der Waals surface area contributed by atoms with Crippen LogP contribution in [0.2, 0.25) is 0 Å². The zero-order chi connectivity index (χ0) is 14.7. The quantitative estimate of drug-likeness (QED) is 0.931. The van der Waals surface area contributed by atoms with E-state index in [-0.39, 0.29) is 5.91 Å². The van der Waals surface area contributed by atoms with Gasteiger partial charge in [-0.15, -0.1) is 0 Å². The Morgan fingerprint density at radius 2 is 1.95 bits per heavy atom. The molecule has 0 saturated carbocycles. The molecule has 1 N–H and O–H groups in total. The Bertz CT molecular complexity index is 635. The van der Waals surface area contributed by atoms with Crippen LogP contribution in [0.15, 0.2) is 36.5 Å². The highest BCUT2D eigenvalue weighted by molar-refractivity contribution is 6.07. The average Bonchev–Trinajstić information content (AvgIpc) is 2.41. The van der Waals surface area contributed by atoms with Crippen LogP contribution in [0.3, 0.4) is 0 Å². The molecule has 1 amide bonds. The average molecular weight is 269 g/mol. The van der Waals surface area contributed by atoms with Crippen molar-refractivity contribution in [2.45, 2.75) is 13.8 Å². The van der Waals surface area contributed by atoms with E-state index in [4.69, 9.17) is 0 Å². The Morgan fingerprint density at radius 3 is 2.60 bits per heavy atom. The Labute approximate surface area is 119 Å². The number of amides is 1. The van der Waals surface area contributed by atoms with E-state index < -0.39 is 0 Å². The molecule has 0 unspecified atom stereocenters. The summed E-state index contributed by atoms with van der Waals surface area (Å²) in [6, 6.07) is 9.50. The predicted octanol–water partition coefficient (Wildman–Crippen LogP) is 3.02. The Balaban J connectivity index is 2.29. The fourth-order valence-electron chi connectivity index (χ4n) is 2.07. The summed E-state index contributed by atoms with van der Waals surface area (Å²) in [6.45, 7) is 4.02. The summed E-state index contributed by atoms with van der Waals surface area (Å²) >= 11 is 0. The van der Waals surface area contributed by atoms with Gasteiger partial charge in [-0.25, -0.2) is 4.98 Å². The summed E-state index contributed by atoms with van der Waals surface area (Å²) in [5.41, 5.74) is 3.62. The summed E-state index contributed by atoms with van der Waals surface area (Å²) < 4.78 is 0. The minimum Gasteiger partial charge on any atom is -0.362 e. The van der Waals surface area contributed by atoms with Gasteiger partial charge in [0.2, 0.25) is 0 Å². The lowest BCUT2D eigenvalue weighted by atomic mass is 10.1. The summed E-state index contributed by atoms with van der Waals surface area (Å²) in [5.74, 6) is 0.517. The molecular formula is C16H19N3O. The minimum absolute atomic E-state index is 0.145. The second-order valence-corrected chi connectivity index (χ2v) is 5.04. The van der Waals surface area contributed by atoms with E-state index in [2.05, 4.69) is 10.3 Å². The molecule has 4 heteroatoms. The molecule has 0 saturated heterocycles. The molecule has 0 bridgehead atoms. The molecule has 0 radical (unpaired) electrons. The molecule has 104 valence electrons. The van der Waals surface area contributed by atoms with Crippen LogP contribution in [-0.2, 0) is 0 Å². The predicted molar refractivity (Wildman–Crippen MR) is 82.4 cm³/mol. The maximum atomic E-state index is 12.4. The number of nitrogens with zero attached hydrogens (tertiary/aromatic N) is 2. The first-order valence-electron chi connectivity index (χ1n) is 6.50. The lowest BCUT2D eigenvalue weighted by Gasteiger charge is -2.16. The number of benzene rings is 1. The van der Waals surface area contributed by atoms with Crippen LogP contribution in [0.25, 0.3) is 0 Å². The topological polar surface area (TPSA) is 45.2 Å². The van der Waals surface area contributed by atoms with Gasteiger partial charge < -0.3 is 10.2 Å². The van der Waals surface area contributed by atoms with Gasteiger partial charge in [0.1, 0.15) is 5.82 Å². The molecule has 1 aromatic heterocycles. The molecule has 2 aromatic rings. The van der Waals surface area contributed by atoms with Crippen LogP contribution in [0.1, 0.15) is 21.5 Å². The van der Waals surface area contributed by atoms with Gasteiger partial charge in [-0.3, -0.25) is 4.79 Å². The van der Waals surface area contributed by atoms with Crippen LogP contribution in [0, 0.1) is 13.8 Å². The van der Waals surface area contributed by atoms with Gasteiger partial charge in [0.25, 0.3) is 5.91 Å². The van der Waals surface area contributed by atoms with Crippen molar-refractivity contribution in [3.8, 4) is 0 Å². The summed E-state index contributed by atoms with van der Waals surface area (Å²) in [7, 11) is 3.74. The third kappa shape index (κ3) is 2.96. The van der Waals surface area contributed by atoms with E-state index in [9.17, 15) is 4.79 Å². The van der Waals surface area contributed by atoms with Gasteiger partial charge in [-0.05, 0) is 37.6 Å². The van der Waals surface area contributed by atoms with Crippen molar-refractivity contribution in [3.05, 3.63) is 53.2 Å². The van der Waals surface area contributed by atoms with Gasteiger partial charge in [0.15, 0.2) is 0 Å². The number of hydrogen-bond donors (Lipinski definition) is 1. The molecule has 0 aliphatic heterocycles. The number of hydrogen-bond acceptors (Lipinski definition) is 3. The normalized spacial score (nSPS) is 10.2. The maximum absolute atomic E-state index is 12.4. The fraction of sp³-hybridized carbons (Fsp3) is 0.250. The Morgan fingerprint density at radius 1 is 1.20 bits per heavy atom. The van der Waals surface area contributed by atoms with Crippen LogP contribution in [0.5, 0.6) is 0 Å². The number of aromatic nitrogens is 1. The van der Waals surface area contributed by atoms with Crippen LogP contribution in [0.4, 0.5) is 11.5 Å². The van der Waals surface area contributed by atoms with Crippen molar-refractivity contribution in [1.29, 1.82) is 0 Å². The number of rotatable bonds is 3. The first kappa shape index (κ1) is 14.1. The van der Waals surface area contributed by atoms with Gasteiger partial charge in [-0.1, -0.05) is 17.7 Å². The van der Waals surface area contributed by atoms with Crippen molar-refractivity contribution in [3.63, 3.8) is 0 Å². The van der Waals surface area contributed by atoms with E-state index in [0.29, 0.717) is 11.4 Å². The third-order valence-electron chi connectivity index (χ3n) is 3.09. The molecular weight excluding hydrogens is 250 g/mol. The minimum atomic E-state index is -0.145. The number of carbonyl (C=O) groups excluding carboxylic acids is 1. The van der Waals surface area contributed by atoms with E-state index in [1.54, 1.807) is 18.3 Å². The fourth-order valence-corrected chi connectivity index (χ4v) is 2.07. The van der Waals surface area contributed by atoms with Crippen molar-refractivity contribution in [2.75, 3.05) is 24.3 Å². The number of pyridine rings is 1. The highest BCUT2D eigenvalue weighted by atomic mass is 16.1. The first-order chi connectivity index (χ1) is 9.49. The van der Waals surface area contributed by atoms with Crippen LogP contribution >= 0.6 is 0 Å². The zero-order valence-corrected chi connectivity index (χ0v) is 12.3. The van der Waals surface area contributed by atoms with Crippen molar-refractivity contribution in [1.82, 2.24) is 4.98 Å². The van der Waals surface area contributed by atoms with Gasteiger partial charge >= 0.3 is 0 Å². The van der Waals surface area contributed by atoms with Gasteiger partial charge in [0, 0.05) is 26.0 Å². The van der Waals surface area contributed by atoms with E-state index in [1.165, 1.54) is 5.56 Å². The molecule has 0 fully saturated rings. The number of anilines is 2. The molecule has 0 aliphatic carbocycles. The smallest absolute Gasteiger partial charge is 0.259 e. The van der Waals surface area contributed by atoms with Crippen molar-refractivity contribution >= 4 is 17.4 Å². The summed E-state index contributed by atoms with van der Waals surface area (Å²) in [5, 5.41) is 2.94. The molecule has 1 heterocycles. The monoisotopic (exact) mass is 269 g/mol.